The zero-order valence-corrected chi connectivity index (χ0v) is 20.4. The Morgan fingerprint density at radius 1 is 1.03 bits per heavy atom. The lowest BCUT2D eigenvalue weighted by molar-refractivity contribution is -0.140. The predicted molar refractivity (Wildman–Crippen MR) is 132 cm³/mol. The predicted octanol–water partition coefficient (Wildman–Crippen LogP) is 4.25. The molecule has 1 fully saturated rings. The van der Waals surface area contributed by atoms with E-state index in [0.717, 1.165) is 19.5 Å². The van der Waals surface area contributed by atoms with Gasteiger partial charge in [0.1, 0.15) is 17.3 Å². The van der Waals surface area contributed by atoms with Crippen molar-refractivity contribution in [3.8, 4) is 11.5 Å². The molecule has 1 amide bonds. The SMILES string of the molecule is CCCOc1cccc(/C(O)=C2\C(=O)C(=O)N(CCN(CC)CC)C2c2cccc(OC)c2)c1. The number of methoxy groups -OCH3 is 1. The van der Waals surface area contributed by atoms with E-state index in [1.807, 2.05) is 19.1 Å². The molecule has 2 aromatic rings. The van der Waals surface area contributed by atoms with E-state index in [1.54, 1.807) is 48.4 Å². The maximum atomic E-state index is 13.2. The fraction of sp³-hybridized carbons (Fsp3) is 0.407. The third kappa shape index (κ3) is 5.42. The second kappa shape index (κ2) is 11.7. The highest BCUT2D eigenvalue weighted by atomic mass is 16.5. The Morgan fingerprint density at radius 2 is 1.74 bits per heavy atom. The molecular formula is C27H34N2O5. The Labute approximate surface area is 201 Å². The van der Waals surface area contributed by atoms with Crippen molar-refractivity contribution < 1.29 is 24.2 Å². The molecule has 1 saturated heterocycles. The van der Waals surface area contributed by atoms with Crippen LogP contribution in [-0.4, -0.2) is 66.5 Å². The molecule has 1 unspecified atom stereocenters. The van der Waals surface area contributed by atoms with Crippen LogP contribution in [0.4, 0.5) is 0 Å². The average molecular weight is 467 g/mol. The summed E-state index contributed by atoms with van der Waals surface area (Å²) in [5.41, 5.74) is 1.21. The summed E-state index contributed by atoms with van der Waals surface area (Å²) in [4.78, 5) is 30.1. The van der Waals surface area contributed by atoms with E-state index in [1.165, 1.54) is 0 Å². The number of carbonyl (C=O) groups is 2. The van der Waals surface area contributed by atoms with Gasteiger partial charge in [-0.2, -0.15) is 0 Å². The number of ketones is 1. The van der Waals surface area contributed by atoms with E-state index in [4.69, 9.17) is 9.47 Å². The van der Waals surface area contributed by atoms with Gasteiger partial charge in [-0.1, -0.05) is 45.0 Å². The number of hydrogen-bond donors (Lipinski definition) is 1. The van der Waals surface area contributed by atoms with Gasteiger partial charge in [0, 0.05) is 18.7 Å². The summed E-state index contributed by atoms with van der Waals surface area (Å²) in [6, 6.07) is 13.5. The lowest BCUT2D eigenvalue weighted by atomic mass is 9.95. The second-order valence-corrected chi connectivity index (χ2v) is 8.17. The second-order valence-electron chi connectivity index (χ2n) is 8.17. The third-order valence-corrected chi connectivity index (χ3v) is 6.08. The number of carbonyl (C=O) groups excluding carboxylic acids is 2. The summed E-state index contributed by atoms with van der Waals surface area (Å²) in [5, 5.41) is 11.3. The topological polar surface area (TPSA) is 79.3 Å². The van der Waals surface area contributed by atoms with Gasteiger partial charge in [-0.3, -0.25) is 9.59 Å². The molecule has 1 heterocycles. The van der Waals surface area contributed by atoms with Crippen LogP contribution in [-0.2, 0) is 9.59 Å². The molecule has 3 rings (SSSR count). The number of rotatable bonds is 11. The number of aliphatic hydroxyl groups is 1. The van der Waals surface area contributed by atoms with Gasteiger partial charge in [0.15, 0.2) is 0 Å². The molecule has 0 aromatic heterocycles. The van der Waals surface area contributed by atoms with Crippen LogP contribution in [0.3, 0.4) is 0 Å². The fourth-order valence-electron chi connectivity index (χ4n) is 4.17. The van der Waals surface area contributed by atoms with E-state index >= 15 is 0 Å². The number of benzene rings is 2. The molecule has 0 saturated carbocycles. The van der Waals surface area contributed by atoms with Crippen molar-refractivity contribution in [3.63, 3.8) is 0 Å². The van der Waals surface area contributed by atoms with Gasteiger partial charge in [0.2, 0.25) is 0 Å². The van der Waals surface area contributed by atoms with E-state index < -0.39 is 17.7 Å². The van der Waals surface area contributed by atoms with Crippen LogP contribution in [0.2, 0.25) is 0 Å². The quantitative estimate of drug-likeness (QED) is 0.303. The summed E-state index contributed by atoms with van der Waals surface area (Å²) in [6.07, 6.45) is 0.851. The van der Waals surface area contributed by atoms with E-state index in [-0.39, 0.29) is 11.3 Å². The van der Waals surface area contributed by atoms with Crippen molar-refractivity contribution in [2.45, 2.75) is 33.2 Å². The van der Waals surface area contributed by atoms with Gasteiger partial charge in [-0.25, -0.2) is 0 Å². The molecule has 1 aliphatic rings. The van der Waals surface area contributed by atoms with Crippen LogP contribution >= 0.6 is 0 Å². The first-order chi connectivity index (χ1) is 16.4. The molecule has 0 spiro atoms. The van der Waals surface area contributed by atoms with Crippen LogP contribution in [0.1, 0.15) is 44.4 Å². The molecule has 7 heteroatoms. The van der Waals surface area contributed by atoms with Crippen LogP contribution < -0.4 is 9.47 Å². The number of amides is 1. The number of nitrogens with zero attached hydrogens (tertiary/aromatic N) is 2. The summed E-state index contributed by atoms with van der Waals surface area (Å²) < 4.78 is 11.1. The minimum Gasteiger partial charge on any atom is -0.507 e. The smallest absolute Gasteiger partial charge is 0.295 e. The Bertz CT molecular complexity index is 1040. The number of likely N-dealkylation sites (tertiary alicyclic amines) is 1. The van der Waals surface area contributed by atoms with Crippen molar-refractivity contribution >= 4 is 17.4 Å². The van der Waals surface area contributed by atoms with Crippen molar-refractivity contribution in [1.29, 1.82) is 0 Å². The van der Waals surface area contributed by atoms with E-state index in [0.29, 0.717) is 42.3 Å². The maximum Gasteiger partial charge on any atom is 0.295 e. The van der Waals surface area contributed by atoms with Crippen LogP contribution in [0.15, 0.2) is 54.1 Å². The minimum atomic E-state index is -0.717. The molecule has 182 valence electrons. The normalized spacial score (nSPS) is 17.4. The number of aliphatic hydroxyl groups excluding tert-OH is 1. The average Bonchev–Trinajstić information content (AvgIpc) is 3.12. The maximum absolute atomic E-state index is 13.2. The Hall–Kier alpha value is -3.32. The molecule has 0 radical (unpaired) electrons. The number of likely N-dealkylation sites (N-methyl/N-ethyl adjacent to an activating group) is 1. The minimum absolute atomic E-state index is 0.0745. The number of Topliss-reactive ketones (excluding diaryl/α,β-unsaturated/α-hetero) is 1. The largest absolute Gasteiger partial charge is 0.507 e. The van der Waals surface area contributed by atoms with Gasteiger partial charge < -0.3 is 24.4 Å². The molecule has 34 heavy (non-hydrogen) atoms. The zero-order valence-electron chi connectivity index (χ0n) is 20.4. The molecule has 0 bridgehead atoms. The third-order valence-electron chi connectivity index (χ3n) is 6.08. The van der Waals surface area contributed by atoms with Crippen LogP contribution in [0, 0.1) is 0 Å². The number of ether oxygens (including phenoxy) is 2. The summed E-state index contributed by atoms with van der Waals surface area (Å²) in [5.74, 6) is -0.301. The highest BCUT2D eigenvalue weighted by molar-refractivity contribution is 6.46. The highest BCUT2D eigenvalue weighted by Gasteiger charge is 2.46. The van der Waals surface area contributed by atoms with Gasteiger partial charge in [-0.15, -0.1) is 0 Å². The monoisotopic (exact) mass is 466 g/mol. The Balaban J connectivity index is 2.09. The van der Waals surface area contributed by atoms with Gasteiger partial charge >= 0.3 is 0 Å². The Kier molecular flexibility index (Phi) is 8.71. The summed E-state index contributed by atoms with van der Waals surface area (Å²) in [6.45, 7) is 9.35. The van der Waals surface area contributed by atoms with Gasteiger partial charge in [0.25, 0.3) is 11.7 Å². The fourth-order valence-corrected chi connectivity index (χ4v) is 4.17. The lowest BCUT2D eigenvalue weighted by Crippen LogP contribution is -2.38. The van der Waals surface area contributed by atoms with E-state index in [9.17, 15) is 14.7 Å². The van der Waals surface area contributed by atoms with Crippen molar-refractivity contribution in [1.82, 2.24) is 9.80 Å². The molecule has 0 aliphatic carbocycles. The zero-order chi connectivity index (χ0) is 24.7. The van der Waals surface area contributed by atoms with Crippen LogP contribution in [0.5, 0.6) is 11.5 Å². The Morgan fingerprint density at radius 3 is 2.41 bits per heavy atom. The standard InChI is InChI=1S/C27H34N2O5/c1-5-16-34-22-13-9-11-20(18-22)25(30)23-24(19-10-8-12-21(17-19)33-4)29(27(32)26(23)31)15-14-28(6-2)7-3/h8-13,17-18,24,30H,5-7,14-16H2,1-4H3/b25-23+. The van der Waals surface area contributed by atoms with Crippen molar-refractivity contribution in [2.24, 2.45) is 0 Å². The van der Waals surface area contributed by atoms with Gasteiger partial charge in [-0.05, 0) is 49.3 Å². The first-order valence-corrected chi connectivity index (χ1v) is 11.8. The van der Waals surface area contributed by atoms with Crippen LogP contribution in [0.25, 0.3) is 5.76 Å². The molecule has 1 N–H and O–H groups in total. The molecule has 1 aliphatic heterocycles. The van der Waals surface area contributed by atoms with Crippen molar-refractivity contribution in [3.05, 3.63) is 65.2 Å². The first-order valence-electron chi connectivity index (χ1n) is 11.8. The van der Waals surface area contributed by atoms with Gasteiger partial charge in [0.05, 0.1) is 25.3 Å². The highest BCUT2D eigenvalue weighted by Crippen LogP contribution is 2.40. The number of hydrogen-bond acceptors (Lipinski definition) is 6. The molecule has 2 aromatic carbocycles. The van der Waals surface area contributed by atoms with Crippen molar-refractivity contribution in [2.75, 3.05) is 39.9 Å². The lowest BCUT2D eigenvalue weighted by Gasteiger charge is -2.28. The summed E-state index contributed by atoms with van der Waals surface area (Å²) in [7, 11) is 1.57. The summed E-state index contributed by atoms with van der Waals surface area (Å²) >= 11 is 0. The molecular weight excluding hydrogens is 432 g/mol. The molecule has 1 atom stereocenters. The molecule has 7 nitrogen and oxygen atoms in total. The first kappa shape index (κ1) is 25.3. The van der Waals surface area contributed by atoms with E-state index in [2.05, 4.69) is 18.7 Å².